The summed E-state index contributed by atoms with van der Waals surface area (Å²) in [6.45, 7) is 10.2. The lowest BCUT2D eigenvalue weighted by molar-refractivity contribution is 0.352. The van der Waals surface area contributed by atoms with Crippen molar-refractivity contribution in [1.82, 2.24) is 5.32 Å². The maximum atomic E-state index is 3.76. The minimum atomic E-state index is 0.0754. The van der Waals surface area contributed by atoms with Gasteiger partial charge < -0.3 is 5.32 Å². The maximum Gasteiger partial charge on any atom is 0.0510 e. The fourth-order valence-electron chi connectivity index (χ4n) is 2.68. The average Bonchev–Trinajstić information content (AvgIpc) is 2.86. The summed E-state index contributed by atoms with van der Waals surface area (Å²) in [5.41, 5.74) is 2.86. The summed E-state index contributed by atoms with van der Waals surface area (Å²) in [4.78, 5) is 1.47. The van der Waals surface area contributed by atoms with Gasteiger partial charge >= 0.3 is 0 Å². The second-order valence-corrected chi connectivity index (χ2v) is 6.89. The molecule has 2 aromatic rings. The first-order valence-electron chi connectivity index (χ1n) is 7.40. The Bertz CT molecular complexity index is 527. The van der Waals surface area contributed by atoms with Crippen molar-refractivity contribution in [3.05, 3.63) is 57.8 Å². The lowest BCUT2D eigenvalue weighted by Gasteiger charge is -2.36. The lowest BCUT2D eigenvalue weighted by Crippen LogP contribution is -2.37. The van der Waals surface area contributed by atoms with Crippen molar-refractivity contribution in [2.45, 2.75) is 45.6 Å². The van der Waals surface area contributed by atoms with Gasteiger partial charge in [0.05, 0.1) is 6.04 Å². The van der Waals surface area contributed by atoms with E-state index in [4.69, 9.17) is 0 Å². The summed E-state index contributed by atoms with van der Waals surface area (Å²) in [5, 5.41) is 5.96. The quantitative estimate of drug-likeness (QED) is 0.781. The zero-order chi connectivity index (χ0) is 14.6. The molecule has 2 heteroatoms. The second-order valence-electron chi connectivity index (χ2n) is 5.94. The van der Waals surface area contributed by atoms with Crippen LogP contribution in [-0.4, -0.2) is 6.54 Å². The van der Waals surface area contributed by atoms with E-state index >= 15 is 0 Å². The molecule has 0 aliphatic rings. The highest BCUT2D eigenvalue weighted by Crippen LogP contribution is 2.40. The first kappa shape index (κ1) is 15.3. The number of hydrogen-bond acceptors (Lipinski definition) is 2. The summed E-state index contributed by atoms with van der Waals surface area (Å²) in [7, 11) is 0. The zero-order valence-corrected chi connectivity index (χ0v) is 13.8. The summed E-state index contributed by atoms with van der Waals surface area (Å²) >= 11 is 1.87. The lowest BCUT2D eigenvalue weighted by atomic mass is 9.76. The Kier molecular flexibility index (Phi) is 5.00. The highest BCUT2D eigenvalue weighted by molar-refractivity contribution is 7.10. The first-order chi connectivity index (χ1) is 9.57. The molecule has 1 aromatic heterocycles. The molecule has 0 saturated heterocycles. The molecule has 0 saturated carbocycles. The van der Waals surface area contributed by atoms with Crippen LogP contribution in [0.15, 0.2) is 41.8 Å². The van der Waals surface area contributed by atoms with Crippen LogP contribution in [-0.2, 0) is 5.41 Å². The third-order valence-electron chi connectivity index (χ3n) is 4.00. The van der Waals surface area contributed by atoms with Crippen LogP contribution in [0.4, 0.5) is 0 Å². The molecular formula is C18H25NS. The molecule has 1 aromatic carbocycles. The minimum absolute atomic E-state index is 0.0754. The van der Waals surface area contributed by atoms with Crippen LogP contribution in [0.1, 0.15) is 49.2 Å². The van der Waals surface area contributed by atoms with Gasteiger partial charge in [-0.25, -0.2) is 0 Å². The first-order valence-corrected chi connectivity index (χ1v) is 8.28. The SMILES string of the molecule is CCCNC(c1sccc1C)C(C)(C)c1ccccc1. The van der Waals surface area contributed by atoms with Crippen molar-refractivity contribution in [3.63, 3.8) is 0 Å². The smallest absolute Gasteiger partial charge is 0.0510 e. The van der Waals surface area contributed by atoms with Crippen molar-refractivity contribution < 1.29 is 0 Å². The van der Waals surface area contributed by atoms with Gasteiger partial charge in [-0.15, -0.1) is 11.3 Å². The molecule has 0 spiro atoms. The van der Waals surface area contributed by atoms with Gasteiger partial charge in [-0.2, -0.15) is 0 Å². The van der Waals surface area contributed by atoms with Crippen LogP contribution in [0.2, 0.25) is 0 Å². The standard InChI is InChI=1S/C18H25NS/c1-5-12-19-17(16-14(2)11-13-20-16)18(3,4)15-9-7-6-8-10-15/h6-11,13,17,19H,5,12H2,1-4H3. The largest absolute Gasteiger partial charge is 0.309 e. The van der Waals surface area contributed by atoms with Gasteiger partial charge in [0.2, 0.25) is 0 Å². The molecule has 20 heavy (non-hydrogen) atoms. The van der Waals surface area contributed by atoms with Gasteiger partial charge in [0, 0.05) is 10.3 Å². The number of rotatable bonds is 6. The molecule has 1 atom stereocenters. The van der Waals surface area contributed by atoms with E-state index in [2.05, 4.69) is 74.8 Å². The highest BCUT2D eigenvalue weighted by atomic mass is 32.1. The summed E-state index contributed by atoms with van der Waals surface area (Å²) in [6, 6.07) is 13.4. The predicted molar refractivity (Wildman–Crippen MR) is 89.6 cm³/mol. The zero-order valence-electron chi connectivity index (χ0n) is 12.9. The Morgan fingerprint density at radius 1 is 1.15 bits per heavy atom. The molecule has 2 rings (SSSR count). The molecule has 0 fully saturated rings. The number of aryl methyl sites for hydroxylation is 1. The van der Waals surface area contributed by atoms with Crippen molar-refractivity contribution in [2.24, 2.45) is 0 Å². The Hall–Kier alpha value is -1.12. The second kappa shape index (κ2) is 6.55. The number of hydrogen-bond donors (Lipinski definition) is 1. The third-order valence-corrected chi connectivity index (χ3v) is 5.09. The molecule has 0 aliphatic heterocycles. The molecule has 0 radical (unpaired) electrons. The van der Waals surface area contributed by atoms with Crippen LogP contribution < -0.4 is 5.32 Å². The molecule has 0 bridgehead atoms. The van der Waals surface area contributed by atoms with Gasteiger partial charge in [0.1, 0.15) is 0 Å². The van der Waals surface area contributed by atoms with Gasteiger partial charge in [-0.1, -0.05) is 51.1 Å². The van der Waals surface area contributed by atoms with Crippen molar-refractivity contribution in [3.8, 4) is 0 Å². The molecule has 1 unspecified atom stereocenters. The number of benzene rings is 1. The molecule has 1 nitrogen and oxygen atoms in total. The van der Waals surface area contributed by atoms with Crippen LogP contribution in [0, 0.1) is 6.92 Å². The third kappa shape index (κ3) is 3.13. The van der Waals surface area contributed by atoms with E-state index < -0.39 is 0 Å². The van der Waals surface area contributed by atoms with Crippen LogP contribution in [0.5, 0.6) is 0 Å². The maximum absolute atomic E-state index is 3.76. The van der Waals surface area contributed by atoms with E-state index in [0.29, 0.717) is 6.04 Å². The molecule has 108 valence electrons. The summed E-state index contributed by atoms with van der Waals surface area (Å²) in [5.74, 6) is 0. The molecular weight excluding hydrogens is 262 g/mol. The summed E-state index contributed by atoms with van der Waals surface area (Å²) < 4.78 is 0. The summed E-state index contributed by atoms with van der Waals surface area (Å²) in [6.07, 6.45) is 1.16. The Morgan fingerprint density at radius 3 is 2.40 bits per heavy atom. The van der Waals surface area contributed by atoms with Crippen molar-refractivity contribution >= 4 is 11.3 Å². The predicted octanol–water partition coefficient (Wildman–Crippen LogP) is 5.08. The van der Waals surface area contributed by atoms with E-state index in [-0.39, 0.29) is 5.41 Å². The van der Waals surface area contributed by atoms with Crippen LogP contribution in [0.3, 0.4) is 0 Å². The Balaban J connectivity index is 2.38. The number of thiophene rings is 1. The van der Waals surface area contributed by atoms with Crippen molar-refractivity contribution in [2.75, 3.05) is 6.54 Å². The minimum Gasteiger partial charge on any atom is -0.309 e. The topological polar surface area (TPSA) is 12.0 Å². The van der Waals surface area contributed by atoms with Crippen LogP contribution in [0.25, 0.3) is 0 Å². The molecule has 1 heterocycles. The highest BCUT2D eigenvalue weighted by Gasteiger charge is 2.33. The molecule has 1 N–H and O–H groups in total. The fraction of sp³-hybridized carbons (Fsp3) is 0.444. The Labute approximate surface area is 127 Å². The van der Waals surface area contributed by atoms with E-state index in [1.807, 2.05) is 11.3 Å². The fourth-order valence-corrected chi connectivity index (χ4v) is 3.87. The van der Waals surface area contributed by atoms with E-state index in [1.54, 1.807) is 0 Å². The van der Waals surface area contributed by atoms with Crippen LogP contribution >= 0.6 is 11.3 Å². The normalized spacial score (nSPS) is 13.4. The monoisotopic (exact) mass is 287 g/mol. The molecule has 0 amide bonds. The average molecular weight is 287 g/mol. The van der Waals surface area contributed by atoms with Gasteiger partial charge in [0.15, 0.2) is 0 Å². The Morgan fingerprint density at radius 2 is 1.85 bits per heavy atom. The van der Waals surface area contributed by atoms with E-state index in [1.165, 1.54) is 16.0 Å². The number of nitrogens with one attached hydrogen (secondary N) is 1. The molecule has 0 aliphatic carbocycles. The van der Waals surface area contributed by atoms with Gasteiger partial charge in [-0.05, 0) is 42.5 Å². The van der Waals surface area contributed by atoms with E-state index in [0.717, 1.165) is 13.0 Å². The van der Waals surface area contributed by atoms with Crippen molar-refractivity contribution in [1.29, 1.82) is 0 Å². The van der Waals surface area contributed by atoms with E-state index in [9.17, 15) is 0 Å². The van der Waals surface area contributed by atoms with Gasteiger partial charge in [0.25, 0.3) is 0 Å². The van der Waals surface area contributed by atoms with Gasteiger partial charge in [-0.3, -0.25) is 0 Å².